The molecule has 1 heterocycles. The van der Waals surface area contributed by atoms with Crippen LogP contribution < -0.4 is 16.6 Å². The maximum Gasteiger partial charge on any atom is 0.328 e. The van der Waals surface area contributed by atoms with Crippen molar-refractivity contribution in [2.24, 2.45) is 5.92 Å². The molecular formula is C16H19N3O3. The number of nitrogens with one attached hydrogen (secondary N) is 2. The van der Waals surface area contributed by atoms with Crippen LogP contribution in [0.5, 0.6) is 0 Å². The van der Waals surface area contributed by atoms with Crippen LogP contribution in [0.1, 0.15) is 36.5 Å². The highest BCUT2D eigenvalue weighted by atomic mass is 16.2. The molecule has 1 saturated carbocycles. The van der Waals surface area contributed by atoms with Crippen LogP contribution in [0, 0.1) is 5.92 Å². The van der Waals surface area contributed by atoms with E-state index < -0.39 is 5.69 Å². The highest BCUT2D eigenvalue weighted by Gasteiger charge is 2.18. The largest absolute Gasteiger partial charge is 0.352 e. The Morgan fingerprint density at radius 3 is 2.77 bits per heavy atom. The van der Waals surface area contributed by atoms with Gasteiger partial charge in [0.1, 0.15) is 0 Å². The minimum absolute atomic E-state index is 0.172. The molecule has 1 aromatic heterocycles. The zero-order valence-corrected chi connectivity index (χ0v) is 12.5. The van der Waals surface area contributed by atoms with Crippen molar-refractivity contribution in [2.75, 3.05) is 6.54 Å². The predicted molar refractivity (Wildman–Crippen MR) is 84.2 cm³/mol. The number of aromatic nitrogens is 2. The summed E-state index contributed by atoms with van der Waals surface area (Å²) in [6.07, 6.45) is 3.57. The second kappa shape index (κ2) is 5.79. The van der Waals surface area contributed by atoms with Crippen molar-refractivity contribution >= 4 is 16.8 Å². The van der Waals surface area contributed by atoms with E-state index in [2.05, 4.69) is 10.3 Å². The van der Waals surface area contributed by atoms with Crippen LogP contribution in [-0.2, 0) is 6.54 Å². The van der Waals surface area contributed by atoms with E-state index in [9.17, 15) is 14.4 Å². The molecule has 0 spiro atoms. The summed E-state index contributed by atoms with van der Waals surface area (Å²) in [5, 5.41) is 3.32. The van der Waals surface area contributed by atoms with Gasteiger partial charge >= 0.3 is 5.69 Å². The van der Waals surface area contributed by atoms with Gasteiger partial charge in [-0.05, 0) is 43.9 Å². The minimum atomic E-state index is -0.452. The van der Waals surface area contributed by atoms with Gasteiger partial charge in [0, 0.05) is 18.7 Å². The third-order valence-electron chi connectivity index (χ3n) is 4.34. The number of fused-ring (bicyclic) bond motifs is 1. The molecule has 116 valence electrons. The molecule has 1 fully saturated rings. The highest BCUT2D eigenvalue weighted by molar-refractivity contribution is 5.97. The van der Waals surface area contributed by atoms with Gasteiger partial charge in [-0.25, -0.2) is 4.79 Å². The van der Waals surface area contributed by atoms with Gasteiger partial charge in [0.25, 0.3) is 11.5 Å². The number of H-pyrrole nitrogens is 1. The fraction of sp³-hybridized carbons (Fsp3) is 0.438. The number of hydrogen-bond acceptors (Lipinski definition) is 3. The number of carbonyl (C=O) groups is 1. The van der Waals surface area contributed by atoms with Crippen LogP contribution in [0.15, 0.2) is 27.8 Å². The minimum Gasteiger partial charge on any atom is -0.352 e. The Balaban J connectivity index is 1.90. The molecule has 1 aliphatic carbocycles. The van der Waals surface area contributed by atoms with Crippen molar-refractivity contribution in [3.63, 3.8) is 0 Å². The van der Waals surface area contributed by atoms with E-state index in [0.717, 1.165) is 4.57 Å². The molecule has 0 unspecified atom stereocenters. The van der Waals surface area contributed by atoms with E-state index in [1.54, 1.807) is 25.1 Å². The van der Waals surface area contributed by atoms with Crippen molar-refractivity contribution < 1.29 is 4.79 Å². The van der Waals surface area contributed by atoms with E-state index in [-0.39, 0.29) is 11.5 Å². The van der Waals surface area contributed by atoms with Crippen LogP contribution in [0.2, 0.25) is 0 Å². The van der Waals surface area contributed by atoms with Gasteiger partial charge in [0.15, 0.2) is 0 Å². The lowest BCUT2D eigenvalue weighted by molar-refractivity contribution is 0.0939. The van der Waals surface area contributed by atoms with Gasteiger partial charge in [-0.2, -0.15) is 0 Å². The Kier molecular flexibility index (Phi) is 3.83. The average Bonchev–Trinajstić information content (AvgIpc) is 2.45. The molecule has 1 amide bonds. The van der Waals surface area contributed by atoms with Crippen molar-refractivity contribution in [3.8, 4) is 0 Å². The van der Waals surface area contributed by atoms with Gasteiger partial charge in [-0.3, -0.25) is 14.2 Å². The lowest BCUT2D eigenvalue weighted by Gasteiger charge is -2.25. The Morgan fingerprint density at radius 1 is 1.36 bits per heavy atom. The molecule has 22 heavy (non-hydrogen) atoms. The van der Waals surface area contributed by atoms with Gasteiger partial charge in [0.05, 0.1) is 10.9 Å². The van der Waals surface area contributed by atoms with E-state index in [4.69, 9.17) is 0 Å². The van der Waals surface area contributed by atoms with E-state index >= 15 is 0 Å². The smallest absolute Gasteiger partial charge is 0.328 e. The fourth-order valence-electron chi connectivity index (χ4n) is 2.72. The first-order chi connectivity index (χ1) is 10.6. The molecule has 0 atom stereocenters. The van der Waals surface area contributed by atoms with Crippen LogP contribution >= 0.6 is 0 Å². The lowest BCUT2D eigenvalue weighted by Crippen LogP contribution is -2.34. The summed E-state index contributed by atoms with van der Waals surface area (Å²) in [4.78, 5) is 38.8. The van der Waals surface area contributed by atoms with E-state index in [1.165, 1.54) is 19.3 Å². The first kappa shape index (κ1) is 14.6. The van der Waals surface area contributed by atoms with Gasteiger partial charge in [-0.1, -0.05) is 6.42 Å². The average molecular weight is 301 g/mol. The van der Waals surface area contributed by atoms with Crippen molar-refractivity contribution in [1.29, 1.82) is 0 Å². The number of rotatable bonds is 4. The van der Waals surface area contributed by atoms with Gasteiger partial charge < -0.3 is 10.3 Å². The highest BCUT2D eigenvalue weighted by Crippen LogP contribution is 2.25. The molecule has 6 heteroatoms. The summed E-state index contributed by atoms with van der Waals surface area (Å²) in [5.74, 6) is 0.412. The van der Waals surface area contributed by atoms with Gasteiger partial charge in [0.2, 0.25) is 0 Å². The first-order valence-corrected chi connectivity index (χ1v) is 7.65. The summed E-state index contributed by atoms with van der Waals surface area (Å²) < 4.78 is 1.14. The number of aromatic amines is 1. The molecule has 0 saturated heterocycles. The molecule has 2 aromatic rings. The molecule has 2 N–H and O–H groups in total. The maximum atomic E-state index is 12.2. The summed E-state index contributed by atoms with van der Waals surface area (Å²) in [7, 11) is 0. The maximum absolute atomic E-state index is 12.2. The first-order valence-electron chi connectivity index (χ1n) is 7.65. The zero-order chi connectivity index (χ0) is 15.7. The predicted octanol–water partition coefficient (Wildman–Crippen LogP) is 1.24. The topological polar surface area (TPSA) is 84.0 Å². The molecule has 1 aliphatic rings. The Morgan fingerprint density at radius 2 is 2.14 bits per heavy atom. The van der Waals surface area contributed by atoms with Crippen LogP contribution in [0.3, 0.4) is 0 Å². The third kappa shape index (κ3) is 2.56. The summed E-state index contributed by atoms with van der Waals surface area (Å²) >= 11 is 0. The summed E-state index contributed by atoms with van der Waals surface area (Å²) in [6.45, 7) is 2.74. The standard InChI is InChI=1S/C16H19N3O3/c1-2-19-15(21)12-7-6-11(8-13(12)18-16(19)22)14(20)17-9-10-4-3-5-10/h6-8,10H,2-5,9H2,1H3,(H,17,20)(H,18,22). The second-order valence-corrected chi connectivity index (χ2v) is 5.75. The number of amides is 1. The van der Waals surface area contributed by atoms with Crippen LogP contribution in [-0.4, -0.2) is 22.0 Å². The van der Waals surface area contributed by atoms with Crippen molar-refractivity contribution in [3.05, 3.63) is 44.6 Å². The Bertz CT molecular complexity index is 831. The number of carbonyl (C=O) groups excluding carboxylic acids is 1. The Labute approximate surface area is 127 Å². The molecule has 0 bridgehead atoms. The fourth-order valence-corrected chi connectivity index (χ4v) is 2.72. The molecular weight excluding hydrogens is 282 g/mol. The molecule has 3 rings (SSSR count). The Hall–Kier alpha value is -2.37. The monoisotopic (exact) mass is 301 g/mol. The number of benzene rings is 1. The van der Waals surface area contributed by atoms with Crippen LogP contribution in [0.4, 0.5) is 0 Å². The lowest BCUT2D eigenvalue weighted by atomic mass is 9.85. The van der Waals surface area contributed by atoms with E-state index in [1.807, 2.05) is 0 Å². The molecule has 6 nitrogen and oxygen atoms in total. The molecule has 0 radical (unpaired) electrons. The van der Waals surface area contributed by atoms with Gasteiger partial charge in [-0.15, -0.1) is 0 Å². The van der Waals surface area contributed by atoms with Crippen molar-refractivity contribution in [2.45, 2.75) is 32.7 Å². The third-order valence-corrected chi connectivity index (χ3v) is 4.34. The van der Waals surface area contributed by atoms with Crippen LogP contribution in [0.25, 0.3) is 10.9 Å². The number of nitrogens with zero attached hydrogens (tertiary/aromatic N) is 1. The normalized spacial score (nSPS) is 14.8. The quantitative estimate of drug-likeness (QED) is 0.891. The second-order valence-electron chi connectivity index (χ2n) is 5.75. The molecule has 0 aliphatic heterocycles. The molecule has 1 aromatic carbocycles. The zero-order valence-electron chi connectivity index (χ0n) is 12.5. The SMILES string of the molecule is CCn1c(=O)[nH]c2cc(C(=O)NCC3CCC3)ccc2c1=O. The van der Waals surface area contributed by atoms with Crippen molar-refractivity contribution in [1.82, 2.24) is 14.9 Å². The van der Waals surface area contributed by atoms with E-state index in [0.29, 0.717) is 35.5 Å². The number of hydrogen-bond donors (Lipinski definition) is 2. The summed E-state index contributed by atoms with van der Waals surface area (Å²) in [5.41, 5.74) is 0.0711. The summed E-state index contributed by atoms with van der Waals surface area (Å²) in [6, 6.07) is 4.78.